The zero-order valence-corrected chi connectivity index (χ0v) is 18.9. The van der Waals surface area contributed by atoms with Crippen molar-refractivity contribution < 1.29 is 4.79 Å². The third-order valence-corrected chi connectivity index (χ3v) is 6.00. The van der Waals surface area contributed by atoms with Crippen LogP contribution in [0, 0.1) is 11.8 Å². The van der Waals surface area contributed by atoms with Gasteiger partial charge in [0.1, 0.15) is 5.78 Å². The predicted molar refractivity (Wildman–Crippen MR) is 122 cm³/mol. The number of carbonyl (C=O) groups is 1. The van der Waals surface area contributed by atoms with E-state index in [0.717, 1.165) is 23.3 Å². The molecular weight excluding hydrogens is 403 g/mol. The molecule has 5 heteroatoms. The van der Waals surface area contributed by atoms with Gasteiger partial charge in [-0.1, -0.05) is 75.2 Å². The summed E-state index contributed by atoms with van der Waals surface area (Å²) in [6, 6.07) is 15.6. The summed E-state index contributed by atoms with van der Waals surface area (Å²) in [5.74, 6) is 0.560. The average molecular weight is 431 g/mol. The third kappa shape index (κ3) is 5.21. The Kier molecular flexibility index (Phi) is 7.02. The van der Waals surface area contributed by atoms with Crippen LogP contribution in [0.1, 0.15) is 63.7 Å². The van der Waals surface area contributed by atoms with E-state index in [1.807, 2.05) is 50.2 Å². The highest BCUT2D eigenvalue weighted by molar-refractivity contribution is 6.30. The number of nitrogens with zero attached hydrogens (tertiary/aromatic N) is 2. The molecule has 0 amide bonds. The third-order valence-electron chi connectivity index (χ3n) is 5.50. The van der Waals surface area contributed by atoms with Crippen LogP contribution in [-0.2, 0) is 4.79 Å². The van der Waals surface area contributed by atoms with Crippen molar-refractivity contribution in [3.8, 4) is 0 Å². The standard InChI is InChI=1S/C24H28Cl2N2O/c1-15(2)21-13-22(17-5-9-19(25)10-6-17)28(27-21)23(14-24(29)16(3)4)18-7-11-20(26)12-8-18/h5-12,15-16,22-23H,13-14H2,1-4H3/t22-,23+/m1/s1. The van der Waals surface area contributed by atoms with E-state index in [0.29, 0.717) is 22.4 Å². The molecule has 1 aliphatic heterocycles. The Labute approximate surface area is 183 Å². The van der Waals surface area contributed by atoms with Gasteiger partial charge < -0.3 is 0 Å². The van der Waals surface area contributed by atoms with Crippen LogP contribution >= 0.6 is 23.2 Å². The molecule has 0 saturated carbocycles. The summed E-state index contributed by atoms with van der Waals surface area (Å²) >= 11 is 12.2. The highest BCUT2D eigenvalue weighted by Crippen LogP contribution is 2.41. The van der Waals surface area contributed by atoms with Crippen LogP contribution in [0.15, 0.2) is 53.6 Å². The topological polar surface area (TPSA) is 32.7 Å². The monoisotopic (exact) mass is 430 g/mol. The van der Waals surface area contributed by atoms with Gasteiger partial charge >= 0.3 is 0 Å². The van der Waals surface area contributed by atoms with Crippen molar-refractivity contribution in [3.63, 3.8) is 0 Å². The van der Waals surface area contributed by atoms with Crippen LogP contribution in [0.25, 0.3) is 0 Å². The molecule has 2 aromatic rings. The maximum absolute atomic E-state index is 12.7. The van der Waals surface area contributed by atoms with Crippen LogP contribution in [0.2, 0.25) is 10.0 Å². The number of halogens is 2. The Balaban J connectivity index is 2.03. The molecule has 2 aromatic carbocycles. The molecule has 3 nitrogen and oxygen atoms in total. The SMILES string of the molecule is CC(C)C(=O)C[C@@H](c1ccc(Cl)cc1)N1N=C(C(C)C)C[C@@H]1c1ccc(Cl)cc1. The molecule has 0 N–H and O–H groups in total. The Morgan fingerprint density at radius 2 is 1.55 bits per heavy atom. The molecule has 2 atom stereocenters. The lowest BCUT2D eigenvalue weighted by atomic mass is 9.92. The first-order valence-electron chi connectivity index (χ1n) is 10.2. The second-order valence-electron chi connectivity index (χ2n) is 8.29. The highest BCUT2D eigenvalue weighted by atomic mass is 35.5. The minimum Gasteiger partial charge on any atom is -0.299 e. The van der Waals surface area contributed by atoms with Gasteiger partial charge in [0, 0.05) is 34.5 Å². The fourth-order valence-corrected chi connectivity index (χ4v) is 3.87. The zero-order chi connectivity index (χ0) is 21.1. The van der Waals surface area contributed by atoms with Gasteiger partial charge in [0.25, 0.3) is 0 Å². The maximum Gasteiger partial charge on any atom is 0.137 e. The second kappa shape index (κ2) is 9.32. The minimum absolute atomic E-state index is 0.0186. The quantitative estimate of drug-likeness (QED) is 0.468. The maximum atomic E-state index is 12.7. The number of benzene rings is 2. The van der Waals surface area contributed by atoms with Crippen LogP contribution in [0.3, 0.4) is 0 Å². The van der Waals surface area contributed by atoms with Gasteiger partial charge in [0.2, 0.25) is 0 Å². The van der Waals surface area contributed by atoms with E-state index in [1.54, 1.807) is 0 Å². The molecule has 1 heterocycles. The molecule has 0 spiro atoms. The van der Waals surface area contributed by atoms with Gasteiger partial charge in [0.15, 0.2) is 0 Å². The molecular formula is C24H28Cl2N2O. The van der Waals surface area contributed by atoms with E-state index in [2.05, 4.69) is 31.0 Å². The summed E-state index contributed by atoms with van der Waals surface area (Å²) in [4.78, 5) is 12.7. The molecule has 3 rings (SSSR count). The Morgan fingerprint density at radius 1 is 1.00 bits per heavy atom. The lowest BCUT2D eigenvalue weighted by Gasteiger charge is -2.33. The van der Waals surface area contributed by atoms with Gasteiger partial charge in [-0.3, -0.25) is 9.80 Å². The van der Waals surface area contributed by atoms with Crippen LogP contribution in [-0.4, -0.2) is 16.5 Å². The van der Waals surface area contributed by atoms with Crippen molar-refractivity contribution in [3.05, 3.63) is 69.7 Å². The molecule has 0 bridgehead atoms. The van der Waals surface area contributed by atoms with E-state index in [1.165, 1.54) is 0 Å². The summed E-state index contributed by atoms with van der Waals surface area (Å²) < 4.78 is 0. The molecule has 1 aliphatic rings. The van der Waals surface area contributed by atoms with E-state index in [9.17, 15) is 4.79 Å². The smallest absolute Gasteiger partial charge is 0.137 e. The summed E-state index contributed by atoms with van der Waals surface area (Å²) in [7, 11) is 0. The van der Waals surface area contributed by atoms with Crippen molar-refractivity contribution in [2.75, 3.05) is 0 Å². The van der Waals surface area contributed by atoms with Crippen molar-refractivity contribution in [2.24, 2.45) is 16.9 Å². The molecule has 29 heavy (non-hydrogen) atoms. The first-order valence-corrected chi connectivity index (χ1v) is 10.9. The number of hydrogen-bond acceptors (Lipinski definition) is 3. The van der Waals surface area contributed by atoms with Gasteiger partial charge in [-0.15, -0.1) is 0 Å². The van der Waals surface area contributed by atoms with Crippen molar-refractivity contribution >= 4 is 34.7 Å². The van der Waals surface area contributed by atoms with E-state index < -0.39 is 0 Å². The number of hydrogen-bond donors (Lipinski definition) is 0. The number of ketones is 1. The molecule has 154 valence electrons. The molecule has 0 aromatic heterocycles. The lowest BCUT2D eigenvalue weighted by molar-refractivity contribution is -0.123. The molecule has 0 unspecified atom stereocenters. The summed E-state index contributed by atoms with van der Waals surface area (Å²) in [6.45, 7) is 8.23. The van der Waals surface area contributed by atoms with E-state index in [-0.39, 0.29) is 23.8 Å². The molecule has 0 radical (unpaired) electrons. The molecule has 0 saturated heterocycles. The first-order chi connectivity index (χ1) is 13.8. The predicted octanol–water partition coefficient (Wildman–Crippen LogP) is 7.11. The first kappa shape index (κ1) is 21.9. The largest absolute Gasteiger partial charge is 0.299 e. The van der Waals surface area contributed by atoms with Gasteiger partial charge in [-0.05, 0) is 41.3 Å². The fourth-order valence-electron chi connectivity index (χ4n) is 3.62. The Morgan fingerprint density at radius 3 is 2.07 bits per heavy atom. The molecule has 0 aliphatic carbocycles. The van der Waals surface area contributed by atoms with Crippen molar-refractivity contribution in [1.82, 2.24) is 5.01 Å². The zero-order valence-electron chi connectivity index (χ0n) is 17.4. The second-order valence-corrected chi connectivity index (χ2v) is 9.16. The molecule has 0 fully saturated rings. The Bertz CT molecular complexity index is 873. The van der Waals surface area contributed by atoms with E-state index in [4.69, 9.17) is 28.3 Å². The van der Waals surface area contributed by atoms with Gasteiger partial charge in [-0.25, -0.2) is 0 Å². The van der Waals surface area contributed by atoms with Crippen LogP contribution < -0.4 is 0 Å². The Hall–Kier alpha value is -1.84. The summed E-state index contributed by atoms with van der Waals surface area (Å²) in [5.41, 5.74) is 3.36. The van der Waals surface area contributed by atoms with Gasteiger partial charge in [-0.2, -0.15) is 5.10 Å². The normalized spacial score (nSPS) is 17.7. The van der Waals surface area contributed by atoms with Gasteiger partial charge in [0.05, 0.1) is 12.1 Å². The van der Waals surface area contributed by atoms with Crippen LogP contribution in [0.4, 0.5) is 0 Å². The van der Waals surface area contributed by atoms with Crippen LogP contribution in [0.5, 0.6) is 0 Å². The number of carbonyl (C=O) groups excluding carboxylic acids is 1. The van der Waals surface area contributed by atoms with E-state index >= 15 is 0 Å². The van der Waals surface area contributed by atoms with Crippen molar-refractivity contribution in [2.45, 2.75) is 52.6 Å². The number of rotatable bonds is 7. The summed E-state index contributed by atoms with van der Waals surface area (Å²) in [6.07, 6.45) is 1.26. The highest BCUT2D eigenvalue weighted by Gasteiger charge is 2.36. The summed E-state index contributed by atoms with van der Waals surface area (Å²) in [5, 5.41) is 8.54. The number of Topliss-reactive ketones (excluding diaryl/α,β-unsaturated/α-hetero) is 1. The number of hydrazone groups is 1. The minimum atomic E-state index is -0.140. The fraction of sp³-hybridized carbons (Fsp3) is 0.417. The van der Waals surface area contributed by atoms with Crippen molar-refractivity contribution in [1.29, 1.82) is 0 Å². The lowest BCUT2D eigenvalue weighted by Crippen LogP contribution is -2.28. The average Bonchev–Trinajstić information content (AvgIpc) is 3.12.